The van der Waals surface area contributed by atoms with Crippen LogP contribution >= 0.6 is 0 Å². The van der Waals surface area contributed by atoms with E-state index in [1.807, 2.05) is 13.8 Å². The summed E-state index contributed by atoms with van der Waals surface area (Å²) in [6.45, 7) is 12.0. The summed E-state index contributed by atoms with van der Waals surface area (Å²) in [5.41, 5.74) is 2.64. The van der Waals surface area contributed by atoms with Crippen molar-refractivity contribution in [1.29, 1.82) is 0 Å². The summed E-state index contributed by atoms with van der Waals surface area (Å²) >= 11 is 0. The summed E-state index contributed by atoms with van der Waals surface area (Å²) in [6.07, 6.45) is 1.02. The van der Waals surface area contributed by atoms with Crippen LogP contribution in [0.1, 0.15) is 45.7 Å². The van der Waals surface area contributed by atoms with Crippen LogP contribution in [0, 0.1) is 0 Å². The van der Waals surface area contributed by atoms with Gasteiger partial charge >= 0.3 is 0 Å². The summed E-state index contributed by atoms with van der Waals surface area (Å²) in [7, 11) is 0. The van der Waals surface area contributed by atoms with E-state index in [0.29, 0.717) is 6.61 Å². The molecule has 19 heavy (non-hydrogen) atoms. The van der Waals surface area contributed by atoms with Crippen molar-refractivity contribution in [2.75, 3.05) is 6.54 Å². The predicted molar refractivity (Wildman–Crippen MR) is 77.4 cm³/mol. The zero-order valence-electron chi connectivity index (χ0n) is 12.7. The monoisotopic (exact) mass is 263 g/mol. The lowest BCUT2D eigenvalue weighted by molar-refractivity contribution is -0.180. The summed E-state index contributed by atoms with van der Waals surface area (Å²) in [5, 5.41) is 3.50. The van der Waals surface area contributed by atoms with Gasteiger partial charge in [0, 0.05) is 24.9 Å². The van der Waals surface area contributed by atoms with Gasteiger partial charge in [0.2, 0.25) is 5.79 Å². The fourth-order valence-electron chi connectivity index (χ4n) is 2.13. The Balaban J connectivity index is 1.98. The van der Waals surface area contributed by atoms with Crippen molar-refractivity contribution in [3.05, 3.63) is 29.3 Å². The van der Waals surface area contributed by atoms with Gasteiger partial charge in [0.15, 0.2) is 0 Å². The molecule has 106 valence electrons. The second-order valence-electron chi connectivity index (χ2n) is 6.66. The van der Waals surface area contributed by atoms with Gasteiger partial charge in [-0.25, -0.2) is 0 Å². The molecular formula is C16H25NO2. The maximum atomic E-state index is 5.80. The first kappa shape index (κ1) is 14.4. The van der Waals surface area contributed by atoms with Crippen molar-refractivity contribution >= 4 is 0 Å². The van der Waals surface area contributed by atoms with Crippen molar-refractivity contribution < 1.29 is 9.47 Å². The van der Waals surface area contributed by atoms with Gasteiger partial charge < -0.3 is 14.8 Å². The Bertz CT molecular complexity index is 447. The normalized spacial score (nSPS) is 17.7. The molecule has 3 heteroatoms. The van der Waals surface area contributed by atoms with Crippen molar-refractivity contribution in [2.45, 2.75) is 59.0 Å². The van der Waals surface area contributed by atoms with Crippen LogP contribution in [0.4, 0.5) is 0 Å². The van der Waals surface area contributed by atoms with Gasteiger partial charge in [0.05, 0.1) is 6.61 Å². The Morgan fingerprint density at radius 1 is 1.26 bits per heavy atom. The molecule has 1 aromatic carbocycles. The third-order valence-corrected chi connectivity index (χ3v) is 3.12. The van der Waals surface area contributed by atoms with Crippen molar-refractivity contribution in [3.63, 3.8) is 0 Å². The Morgan fingerprint density at radius 2 is 2.00 bits per heavy atom. The largest absolute Gasteiger partial charge is 0.463 e. The molecule has 0 atom stereocenters. The van der Waals surface area contributed by atoms with E-state index in [0.717, 1.165) is 24.3 Å². The van der Waals surface area contributed by atoms with Crippen LogP contribution in [0.3, 0.4) is 0 Å². The SMILES string of the molecule is CC(C)(C)NCCc1ccc2c(c1)COC(C)(C)O2. The summed E-state index contributed by atoms with van der Waals surface area (Å²) in [4.78, 5) is 0. The average Bonchev–Trinajstić information content (AvgIpc) is 2.27. The topological polar surface area (TPSA) is 30.5 Å². The standard InChI is InChI=1S/C16H25NO2/c1-15(2,3)17-9-8-12-6-7-14-13(10-12)11-18-16(4,5)19-14/h6-7,10,17H,8-9,11H2,1-5H3. The molecule has 2 rings (SSSR count). The van der Waals surface area contributed by atoms with Crippen LogP contribution in [-0.4, -0.2) is 17.9 Å². The van der Waals surface area contributed by atoms with E-state index in [4.69, 9.17) is 9.47 Å². The quantitative estimate of drug-likeness (QED) is 0.908. The molecule has 0 radical (unpaired) electrons. The Labute approximate surface area is 116 Å². The first-order valence-corrected chi connectivity index (χ1v) is 6.95. The molecule has 1 aliphatic heterocycles. The summed E-state index contributed by atoms with van der Waals surface area (Å²) < 4.78 is 11.5. The minimum absolute atomic E-state index is 0.171. The third kappa shape index (κ3) is 4.22. The first-order chi connectivity index (χ1) is 8.75. The molecule has 1 aromatic rings. The van der Waals surface area contributed by atoms with Gasteiger partial charge in [-0.1, -0.05) is 6.07 Å². The van der Waals surface area contributed by atoms with Crippen LogP contribution in [0.2, 0.25) is 0 Å². The molecule has 0 fully saturated rings. The van der Waals surface area contributed by atoms with E-state index in [2.05, 4.69) is 44.3 Å². The van der Waals surface area contributed by atoms with E-state index in [1.54, 1.807) is 0 Å². The minimum atomic E-state index is -0.512. The lowest BCUT2D eigenvalue weighted by atomic mass is 10.0. The number of benzene rings is 1. The smallest absolute Gasteiger partial charge is 0.205 e. The molecule has 0 aromatic heterocycles. The van der Waals surface area contributed by atoms with Crippen molar-refractivity contribution in [2.24, 2.45) is 0 Å². The molecule has 0 unspecified atom stereocenters. The van der Waals surface area contributed by atoms with E-state index in [-0.39, 0.29) is 5.54 Å². The molecular weight excluding hydrogens is 238 g/mol. The van der Waals surface area contributed by atoms with Crippen LogP contribution < -0.4 is 10.1 Å². The van der Waals surface area contributed by atoms with Gasteiger partial charge in [-0.15, -0.1) is 0 Å². The van der Waals surface area contributed by atoms with Gasteiger partial charge in [-0.3, -0.25) is 0 Å². The summed E-state index contributed by atoms with van der Waals surface area (Å²) in [6, 6.07) is 6.39. The van der Waals surface area contributed by atoms with Crippen LogP contribution in [-0.2, 0) is 17.8 Å². The first-order valence-electron chi connectivity index (χ1n) is 6.95. The fraction of sp³-hybridized carbons (Fsp3) is 0.625. The van der Waals surface area contributed by atoms with Crippen LogP contribution in [0.5, 0.6) is 5.75 Å². The van der Waals surface area contributed by atoms with Gasteiger partial charge in [-0.2, -0.15) is 0 Å². The van der Waals surface area contributed by atoms with Crippen molar-refractivity contribution in [1.82, 2.24) is 5.32 Å². The number of rotatable bonds is 3. The minimum Gasteiger partial charge on any atom is -0.463 e. The van der Waals surface area contributed by atoms with Gasteiger partial charge in [-0.05, 0) is 51.4 Å². The highest BCUT2D eigenvalue weighted by Crippen LogP contribution is 2.31. The lowest BCUT2D eigenvalue weighted by Crippen LogP contribution is -2.37. The predicted octanol–water partition coefficient (Wildman–Crippen LogP) is 3.26. The highest BCUT2D eigenvalue weighted by molar-refractivity contribution is 5.38. The molecule has 0 saturated heterocycles. The molecule has 1 heterocycles. The van der Waals surface area contributed by atoms with E-state index in [1.165, 1.54) is 5.56 Å². The maximum Gasteiger partial charge on any atom is 0.205 e. The fourth-order valence-corrected chi connectivity index (χ4v) is 2.13. The molecule has 1 N–H and O–H groups in total. The zero-order chi connectivity index (χ0) is 14.1. The van der Waals surface area contributed by atoms with E-state index >= 15 is 0 Å². The third-order valence-electron chi connectivity index (χ3n) is 3.12. The highest BCUT2D eigenvalue weighted by Gasteiger charge is 2.27. The average molecular weight is 263 g/mol. The van der Waals surface area contributed by atoms with Gasteiger partial charge in [0.25, 0.3) is 0 Å². The number of nitrogens with one attached hydrogen (secondary N) is 1. The molecule has 0 aliphatic carbocycles. The molecule has 1 aliphatic rings. The molecule has 0 amide bonds. The Morgan fingerprint density at radius 3 is 2.68 bits per heavy atom. The molecule has 3 nitrogen and oxygen atoms in total. The number of hydrogen-bond acceptors (Lipinski definition) is 3. The number of fused-ring (bicyclic) bond motifs is 1. The molecule has 0 bridgehead atoms. The van der Waals surface area contributed by atoms with Crippen LogP contribution in [0.25, 0.3) is 0 Å². The second-order valence-corrected chi connectivity index (χ2v) is 6.66. The highest BCUT2D eigenvalue weighted by atomic mass is 16.7. The molecule has 0 saturated carbocycles. The number of hydrogen-bond donors (Lipinski definition) is 1. The van der Waals surface area contributed by atoms with Crippen molar-refractivity contribution in [3.8, 4) is 5.75 Å². The lowest BCUT2D eigenvalue weighted by Gasteiger charge is -2.32. The van der Waals surface area contributed by atoms with E-state index < -0.39 is 5.79 Å². The second kappa shape index (κ2) is 5.14. The summed E-state index contributed by atoms with van der Waals surface area (Å²) in [5.74, 6) is 0.436. The van der Waals surface area contributed by atoms with E-state index in [9.17, 15) is 0 Å². The Kier molecular flexibility index (Phi) is 3.88. The molecule has 0 spiro atoms. The Hall–Kier alpha value is -1.06. The zero-order valence-corrected chi connectivity index (χ0v) is 12.7. The number of ether oxygens (including phenoxy) is 2. The van der Waals surface area contributed by atoms with Gasteiger partial charge in [0.1, 0.15) is 5.75 Å². The maximum absolute atomic E-state index is 5.80. The van der Waals surface area contributed by atoms with Crippen LogP contribution in [0.15, 0.2) is 18.2 Å².